The molecular formula is C20H19ClN2O3S2. The van der Waals surface area contributed by atoms with E-state index in [0.29, 0.717) is 18.0 Å². The van der Waals surface area contributed by atoms with Gasteiger partial charge >= 0.3 is 0 Å². The van der Waals surface area contributed by atoms with Crippen LogP contribution in [0.1, 0.15) is 5.56 Å². The molecule has 1 amide bonds. The van der Waals surface area contributed by atoms with E-state index in [9.17, 15) is 13.2 Å². The van der Waals surface area contributed by atoms with Crippen LogP contribution in [-0.4, -0.2) is 26.6 Å². The van der Waals surface area contributed by atoms with Crippen molar-refractivity contribution in [3.63, 3.8) is 0 Å². The van der Waals surface area contributed by atoms with Crippen LogP contribution < -0.4 is 10.5 Å². The Morgan fingerprint density at radius 1 is 1.04 bits per heavy atom. The highest BCUT2D eigenvalue weighted by molar-refractivity contribution is 8.00. The molecule has 3 N–H and O–H groups in total. The van der Waals surface area contributed by atoms with Crippen molar-refractivity contribution in [2.24, 2.45) is 5.14 Å². The molecule has 0 spiro atoms. The van der Waals surface area contributed by atoms with Crippen LogP contribution >= 0.6 is 23.4 Å². The van der Waals surface area contributed by atoms with Gasteiger partial charge in [0, 0.05) is 21.8 Å². The van der Waals surface area contributed by atoms with Crippen LogP contribution in [0.2, 0.25) is 5.02 Å². The van der Waals surface area contributed by atoms with Crippen molar-refractivity contribution in [3.05, 3.63) is 71.2 Å². The Hall–Kier alpha value is -2.06. The minimum atomic E-state index is -3.69. The molecule has 0 heterocycles. The van der Waals surface area contributed by atoms with Crippen LogP contribution in [0.25, 0.3) is 10.8 Å². The summed E-state index contributed by atoms with van der Waals surface area (Å²) >= 11 is 7.75. The van der Waals surface area contributed by atoms with E-state index in [1.54, 1.807) is 12.1 Å². The standard InChI is InChI=1S/C20H19ClN2O3S2/c21-17-5-1-3-15-4-2-6-18(20(15)17)27-13-19(24)23-12-11-14-7-9-16(10-8-14)28(22,25)26/h1-10H,11-13H2,(H,23,24)(H2,22,25,26). The first-order chi connectivity index (χ1) is 13.3. The van der Waals surface area contributed by atoms with Crippen molar-refractivity contribution in [2.75, 3.05) is 12.3 Å². The second kappa shape index (κ2) is 8.96. The lowest BCUT2D eigenvalue weighted by Gasteiger charge is -2.09. The molecule has 0 saturated carbocycles. The summed E-state index contributed by atoms with van der Waals surface area (Å²) in [4.78, 5) is 13.2. The first kappa shape index (κ1) is 20.7. The fraction of sp³-hybridized carbons (Fsp3) is 0.150. The number of hydrogen-bond donors (Lipinski definition) is 2. The third kappa shape index (κ3) is 5.26. The van der Waals surface area contributed by atoms with Gasteiger partial charge in [-0.3, -0.25) is 4.79 Å². The highest BCUT2D eigenvalue weighted by atomic mass is 35.5. The number of hydrogen-bond acceptors (Lipinski definition) is 4. The van der Waals surface area contributed by atoms with Crippen molar-refractivity contribution in [2.45, 2.75) is 16.2 Å². The molecule has 0 radical (unpaired) electrons. The molecule has 0 fully saturated rings. The van der Waals surface area contributed by atoms with Crippen LogP contribution in [0.4, 0.5) is 0 Å². The van der Waals surface area contributed by atoms with Crippen LogP contribution in [0, 0.1) is 0 Å². The van der Waals surface area contributed by atoms with Gasteiger partial charge in [0.15, 0.2) is 0 Å². The van der Waals surface area contributed by atoms with Crippen LogP contribution in [0.3, 0.4) is 0 Å². The Bertz CT molecular complexity index is 1090. The van der Waals surface area contributed by atoms with Gasteiger partial charge in [-0.1, -0.05) is 48.0 Å². The monoisotopic (exact) mass is 434 g/mol. The second-order valence-corrected chi connectivity index (χ2v) is 9.16. The summed E-state index contributed by atoms with van der Waals surface area (Å²) in [6.07, 6.45) is 0.599. The smallest absolute Gasteiger partial charge is 0.238 e. The fourth-order valence-corrected chi connectivity index (χ4v) is 4.56. The number of benzene rings is 3. The minimum Gasteiger partial charge on any atom is -0.355 e. The Morgan fingerprint density at radius 3 is 2.39 bits per heavy atom. The van der Waals surface area contributed by atoms with Crippen molar-refractivity contribution in [3.8, 4) is 0 Å². The number of thioether (sulfide) groups is 1. The third-order valence-corrected chi connectivity index (χ3v) is 6.46. The van der Waals surface area contributed by atoms with E-state index in [4.69, 9.17) is 16.7 Å². The molecule has 0 aliphatic carbocycles. The molecule has 0 aromatic heterocycles. The summed E-state index contributed by atoms with van der Waals surface area (Å²) in [5.74, 6) is 0.213. The number of nitrogens with one attached hydrogen (secondary N) is 1. The molecular weight excluding hydrogens is 416 g/mol. The van der Waals surface area contributed by atoms with Crippen LogP contribution in [0.15, 0.2) is 70.5 Å². The number of carbonyl (C=O) groups excluding carboxylic acids is 1. The molecule has 28 heavy (non-hydrogen) atoms. The van der Waals surface area contributed by atoms with Gasteiger partial charge in [-0.2, -0.15) is 0 Å². The number of amides is 1. The molecule has 0 bridgehead atoms. The van der Waals surface area contributed by atoms with Crippen molar-refractivity contribution in [1.29, 1.82) is 0 Å². The van der Waals surface area contributed by atoms with E-state index < -0.39 is 10.0 Å². The fourth-order valence-electron chi connectivity index (χ4n) is 2.77. The van der Waals surface area contributed by atoms with Gasteiger partial charge in [-0.05, 0) is 41.6 Å². The molecule has 8 heteroatoms. The normalized spacial score (nSPS) is 11.5. The first-order valence-corrected chi connectivity index (χ1v) is 11.4. The van der Waals surface area contributed by atoms with E-state index in [0.717, 1.165) is 21.2 Å². The summed E-state index contributed by atoms with van der Waals surface area (Å²) in [5, 5.41) is 10.6. The Kier molecular flexibility index (Phi) is 6.61. The van der Waals surface area contributed by atoms with E-state index in [-0.39, 0.29) is 16.6 Å². The molecule has 3 aromatic carbocycles. The average molecular weight is 435 g/mol. The molecule has 3 rings (SSSR count). The largest absolute Gasteiger partial charge is 0.355 e. The lowest BCUT2D eigenvalue weighted by atomic mass is 10.1. The SMILES string of the molecule is NS(=O)(=O)c1ccc(CCNC(=O)CSc2cccc3cccc(Cl)c23)cc1. The van der Waals surface area contributed by atoms with E-state index in [1.165, 1.54) is 23.9 Å². The zero-order valence-corrected chi connectivity index (χ0v) is 17.3. The summed E-state index contributed by atoms with van der Waals surface area (Å²) in [7, 11) is -3.69. The van der Waals surface area contributed by atoms with E-state index in [1.807, 2.05) is 36.4 Å². The van der Waals surface area contributed by atoms with Crippen molar-refractivity contribution in [1.82, 2.24) is 5.32 Å². The quantitative estimate of drug-likeness (QED) is 0.556. The number of rotatable bonds is 7. The number of fused-ring (bicyclic) bond motifs is 1. The zero-order valence-electron chi connectivity index (χ0n) is 14.9. The molecule has 146 valence electrons. The molecule has 0 aliphatic heterocycles. The van der Waals surface area contributed by atoms with Crippen molar-refractivity contribution < 1.29 is 13.2 Å². The number of carbonyl (C=O) groups is 1. The van der Waals surface area contributed by atoms with Gasteiger partial charge < -0.3 is 5.32 Å². The van der Waals surface area contributed by atoms with Gasteiger partial charge in [-0.25, -0.2) is 13.6 Å². The van der Waals surface area contributed by atoms with Gasteiger partial charge in [0.05, 0.1) is 10.6 Å². The lowest BCUT2D eigenvalue weighted by molar-refractivity contribution is -0.118. The topological polar surface area (TPSA) is 89.3 Å². The molecule has 0 atom stereocenters. The summed E-state index contributed by atoms with van der Waals surface area (Å²) in [6, 6.07) is 18.0. The van der Waals surface area contributed by atoms with Crippen LogP contribution in [0.5, 0.6) is 0 Å². The van der Waals surface area contributed by atoms with Crippen LogP contribution in [-0.2, 0) is 21.2 Å². The summed E-state index contributed by atoms with van der Waals surface area (Å²) in [6.45, 7) is 0.463. The highest BCUT2D eigenvalue weighted by Gasteiger charge is 2.09. The highest BCUT2D eigenvalue weighted by Crippen LogP contribution is 2.33. The number of sulfonamides is 1. The number of nitrogens with two attached hydrogens (primary N) is 1. The first-order valence-electron chi connectivity index (χ1n) is 8.53. The van der Waals surface area contributed by atoms with Gasteiger partial charge in [-0.15, -0.1) is 11.8 Å². The van der Waals surface area contributed by atoms with Crippen molar-refractivity contribution >= 4 is 50.1 Å². The zero-order chi connectivity index (χ0) is 20.1. The third-order valence-electron chi connectivity index (χ3n) is 4.16. The second-order valence-electron chi connectivity index (χ2n) is 6.17. The molecule has 3 aromatic rings. The summed E-state index contributed by atoms with van der Waals surface area (Å²) < 4.78 is 22.5. The van der Waals surface area contributed by atoms with Gasteiger partial charge in [0.2, 0.25) is 15.9 Å². The van der Waals surface area contributed by atoms with Gasteiger partial charge in [0.25, 0.3) is 0 Å². The van der Waals surface area contributed by atoms with Gasteiger partial charge in [0.1, 0.15) is 0 Å². The lowest BCUT2D eigenvalue weighted by Crippen LogP contribution is -2.27. The van der Waals surface area contributed by atoms with E-state index in [2.05, 4.69) is 5.32 Å². The predicted molar refractivity (Wildman–Crippen MR) is 114 cm³/mol. The molecule has 0 aliphatic rings. The number of halogens is 1. The predicted octanol–water partition coefficient (Wildman–Crippen LogP) is 3.59. The molecule has 5 nitrogen and oxygen atoms in total. The maximum absolute atomic E-state index is 12.2. The Morgan fingerprint density at radius 2 is 1.71 bits per heavy atom. The maximum atomic E-state index is 12.2. The van der Waals surface area contributed by atoms with E-state index >= 15 is 0 Å². The minimum absolute atomic E-state index is 0.0739. The number of primary sulfonamides is 1. The summed E-state index contributed by atoms with van der Waals surface area (Å²) in [5.41, 5.74) is 0.918. The Balaban J connectivity index is 1.52. The molecule has 0 unspecified atom stereocenters. The Labute approximate surface area is 173 Å². The molecule has 0 saturated heterocycles. The average Bonchev–Trinajstić information content (AvgIpc) is 2.66. The maximum Gasteiger partial charge on any atom is 0.238 e.